The van der Waals surface area contributed by atoms with Gasteiger partial charge in [-0.1, -0.05) is 46.3 Å². The summed E-state index contributed by atoms with van der Waals surface area (Å²) < 4.78 is 14.1. The first-order valence-corrected chi connectivity index (χ1v) is 7.11. The maximum Gasteiger partial charge on any atom is 0.174 e. The molecule has 0 aliphatic rings. The van der Waals surface area contributed by atoms with Gasteiger partial charge in [-0.25, -0.2) is 4.39 Å². The van der Waals surface area contributed by atoms with Crippen LogP contribution in [0.25, 0.3) is 0 Å². The minimum atomic E-state index is -0.289. The fourth-order valence-electron chi connectivity index (χ4n) is 1.47. The van der Waals surface area contributed by atoms with Crippen molar-refractivity contribution in [1.82, 2.24) is 0 Å². The smallest absolute Gasteiger partial charge is 0.174 e. The summed E-state index contributed by atoms with van der Waals surface area (Å²) >= 11 is 4.55. The van der Waals surface area contributed by atoms with Gasteiger partial charge in [0.1, 0.15) is 5.82 Å². The predicted molar refractivity (Wildman–Crippen MR) is 75.6 cm³/mol. The number of Topliss-reactive ketones (excluding diaryl/α,β-unsaturated/α-hetero) is 1. The average molecular weight is 325 g/mol. The van der Waals surface area contributed by atoms with Crippen LogP contribution in [-0.2, 0) is 0 Å². The van der Waals surface area contributed by atoms with Crippen LogP contribution in [0.3, 0.4) is 0 Å². The van der Waals surface area contributed by atoms with Crippen LogP contribution in [0.5, 0.6) is 0 Å². The minimum absolute atomic E-state index is 0.0178. The van der Waals surface area contributed by atoms with Gasteiger partial charge < -0.3 is 0 Å². The third-order valence-electron chi connectivity index (χ3n) is 2.37. The van der Waals surface area contributed by atoms with Gasteiger partial charge in [0.25, 0.3) is 0 Å². The lowest BCUT2D eigenvalue weighted by Gasteiger charge is -2.04. The molecule has 0 saturated heterocycles. The Hall–Kier alpha value is -1.13. The zero-order valence-electron chi connectivity index (χ0n) is 9.40. The Balaban J connectivity index is 2.06. The Morgan fingerprint density at radius 1 is 1.11 bits per heavy atom. The number of ketones is 1. The Morgan fingerprint density at radius 2 is 1.78 bits per heavy atom. The molecular formula is C14H10BrFOS. The molecular weight excluding hydrogens is 315 g/mol. The monoisotopic (exact) mass is 324 g/mol. The highest BCUT2D eigenvalue weighted by atomic mass is 79.9. The van der Waals surface area contributed by atoms with Gasteiger partial charge in [0.15, 0.2) is 5.78 Å². The molecule has 0 spiro atoms. The fourth-order valence-corrected chi connectivity index (χ4v) is 2.80. The van der Waals surface area contributed by atoms with E-state index in [0.717, 1.165) is 4.47 Å². The largest absolute Gasteiger partial charge is 0.293 e. The first-order chi connectivity index (χ1) is 8.68. The molecule has 0 aliphatic heterocycles. The van der Waals surface area contributed by atoms with E-state index in [2.05, 4.69) is 15.9 Å². The van der Waals surface area contributed by atoms with Crippen LogP contribution < -0.4 is 0 Å². The van der Waals surface area contributed by atoms with Gasteiger partial charge in [0.2, 0.25) is 0 Å². The molecule has 0 saturated carbocycles. The van der Waals surface area contributed by atoms with Crippen LogP contribution in [0, 0.1) is 5.82 Å². The van der Waals surface area contributed by atoms with E-state index < -0.39 is 0 Å². The second-order valence-corrected chi connectivity index (χ2v) is 5.49. The maximum atomic E-state index is 13.4. The van der Waals surface area contributed by atoms with Crippen molar-refractivity contribution in [3.63, 3.8) is 0 Å². The topological polar surface area (TPSA) is 17.1 Å². The second kappa shape index (κ2) is 6.16. The number of rotatable bonds is 4. The average Bonchev–Trinajstić information content (AvgIpc) is 2.38. The van der Waals surface area contributed by atoms with E-state index in [1.165, 1.54) is 17.8 Å². The van der Waals surface area contributed by atoms with Crippen molar-refractivity contribution in [2.45, 2.75) is 4.90 Å². The molecule has 2 rings (SSSR count). The van der Waals surface area contributed by atoms with E-state index in [1.54, 1.807) is 24.3 Å². The summed E-state index contributed by atoms with van der Waals surface area (Å²) in [5.74, 6) is -0.0815. The molecule has 4 heteroatoms. The first-order valence-electron chi connectivity index (χ1n) is 5.33. The van der Waals surface area contributed by atoms with Crippen LogP contribution in [0.1, 0.15) is 10.4 Å². The highest BCUT2D eigenvalue weighted by molar-refractivity contribution is 9.10. The molecule has 0 fully saturated rings. The Bertz CT molecular complexity index is 571. The molecule has 92 valence electrons. The van der Waals surface area contributed by atoms with Crippen molar-refractivity contribution in [3.8, 4) is 0 Å². The summed E-state index contributed by atoms with van der Waals surface area (Å²) in [6.45, 7) is 0. The highest BCUT2D eigenvalue weighted by Crippen LogP contribution is 2.24. The summed E-state index contributed by atoms with van der Waals surface area (Å²) in [5, 5.41) is 0. The summed E-state index contributed by atoms with van der Waals surface area (Å²) in [4.78, 5) is 12.5. The van der Waals surface area contributed by atoms with Crippen molar-refractivity contribution in [3.05, 3.63) is 64.4 Å². The lowest BCUT2D eigenvalue weighted by Crippen LogP contribution is -2.03. The number of hydrogen-bond donors (Lipinski definition) is 0. The van der Waals surface area contributed by atoms with E-state index in [9.17, 15) is 9.18 Å². The van der Waals surface area contributed by atoms with Crippen LogP contribution in [0.15, 0.2) is 57.9 Å². The second-order valence-electron chi connectivity index (χ2n) is 3.62. The molecule has 0 radical (unpaired) electrons. The van der Waals surface area contributed by atoms with E-state index in [-0.39, 0.29) is 17.4 Å². The summed E-state index contributed by atoms with van der Waals surface area (Å²) in [6, 6.07) is 13.7. The number of halogens is 2. The normalized spacial score (nSPS) is 10.3. The Kier molecular flexibility index (Phi) is 4.55. The van der Waals surface area contributed by atoms with E-state index in [0.29, 0.717) is 10.5 Å². The molecule has 0 atom stereocenters. The molecule has 0 aliphatic carbocycles. The predicted octanol–water partition coefficient (Wildman–Crippen LogP) is 4.56. The first kappa shape index (κ1) is 13.3. The number of carbonyl (C=O) groups excluding carboxylic acids is 1. The Labute approximate surface area is 118 Å². The number of carbonyl (C=O) groups is 1. The highest BCUT2D eigenvalue weighted by Gasteiger charge is 2.11. The zero-order chi connectivity index (χ0) is 13.0. The lowest BCUT2D eigenvalue weighted by atomic mass is 10.1. The van der Waals surface area contributed by atoms with Gasteiger partial charge in [-0.05, 0) is 18.2 Å². The number of hydrogen-bond acceptors (Lipinski definition) is 2. The van der Waals surface area contributed by atoms with Gasteiger partial charge in [0, 0.05) is 14.9 Å². The third-order valence-corrected chi connectivity index (χ3v) is 4.11. The molecule has 0 unspecified atom stereocenters. The van der Waals surface area contributed by atoms with Crippen LogP contribution in [-0.4, -0.2) is 11.5 Å². The fraction of sp³-hybridized carbons (Fsp3) is 0.0714. The van der Waals surface area contributed by atoms with E-state index in [1.807, 2.05) is 18.2 Å². The minimum Gasteiger partial charge on any atom is -0.293 e. The van der Waals surface area contributed by atoms with Crippen LogP contribution in [0.2, 0.25) is 0 Å². The molecule has 0 aromatic heterocycles. The Morgan fingerprint density at radius 3 is 2.50 bits per heavy atom. The summed E-state index contributed by atoms with van der Waals surface area (Å²) in [6.07, 6.45) is 0. The molecule has 0 bridgehead atoms. The molecule has 18 heavy (non-hydrogen) atoms. The van der Waals surface area contributed by atoms with Crippen molar-refractivity contribution in [2.75, 3.05) is 5.75 Å². The molecule has 0 amide bonds. The molecule has 0 heterocycles. The maximum absolute atomic E-state index is 13.4. The van der Waals surface area contributed by atoms with Crippen molar-refractivity contribution < 1.29 is 9.18 Å². The third kappa shape index (κ3) is 3.21. The van der Waals surface area contributed by atoms with Crippen molar-refractivity contribution in [2.24, 2.45) is 0 Å². The molecule has 2 aromatic carbocycles. The molecule has 0 N–H and O–H groups in total. The zero-order valence-corrected chi connectivity index (χ0v) is 11.8. The quantitative estimate of drug-likeness (QED) is 0.605. The standard InChI is InChI=1S/C14H10BrFOS/c15-11-6-2-1-5-10(11)13(17)9-18-14-8-4-3-7-12(14)16/h1-8H,9H2. The van der Waals surface area contributed by atoms with Gasteiger partial charge in [-0.2, -0.15) is 0 Å². The SMILES string of the molecule is O=C(CSc1ccccc1F)c1ccccc1Br. The van der Waals surface area contributed by atoms with Gasteiger partial charge in [-0.15, -0.1) is 11.8 Å². The van der Waals surface area contributed by atoms with E-state index >= 15 is 0 Å². The van der Waals surface area contributed by atoms with Crippen LogP contribution in [0.4, 0.5) is 4.39 Å². The van der Waals surface area contributed by atoms with Gasteiger partial charge >= 0.3 is 0 Å². The number of benzene rings is 2. The summed E-state index contributed by atoms with van der Waals surface area (Å²) in [7, 11) is 0. The molecule has 1 nitrogen and oxygen atoms in total. The summed E-state index contributed by atoms with van der Waals surface area (Å²) in [5.41, 5.74) is 0.626. The van der Waals surface area contributed by atoms with Crippen LogP contribution >= 0.6 is 27.7 Å². The van der Waals surface area contributed by atoms with Gasteiger partial charge in [-0.3, -0.25) is 4.79 Å². The van der Waals surface area contributed by atoms with Crippen molar-refractivity contribution in [1.29, 1.82) is 0 Å². The lowest BCUT2D eigenvalue weighted by molar-refractivity contribution is 0.102. The van der Waals surface area contributed by atoms with Crippen molar-refractivity contribution >= 4 is 33.5 Å². The van der Waals surface area contributed by atoms with Gasteiger partial charge in [0.05, 0.1) is 5.75 Å². The van der Waals surface area contributed by atoms with E-state index in [4.69, 9.17) is 0 Å². The number of thioether (sulfide) groups is 1. The molecule has 2 aromatic rings.